The largest absolute Gasteiger partial charge is 0.467 e. The topological polar surface area (TPSA) is 76.8 Å². The molecule has 1 aliphatic rings. The van der Waals surface area contributed by atoms with Gasteiger partial charge in [0.15, 0.2) is 9.84 Å². The number of methoxy groups -OCH3 is 1. The van der Waals surface area contributed by atoms with Crippen molar-refractivity contribution < 1.29 is 22.4 Å². The Morgan fingerprint density at radius 1 is 1.55 bits per heavy atom. The SMILES string of the molecule is COCCN(Cc1ccco1)C(=O)C1CCS(=O)(=O)C1. The van der Waals surface area contributed by atoms with Crippen LogP contribution in [0.5, 0.6) is 0 Å². The minimum absolute atomic E-state index is 0.0481. The van der Waals surface area contributed by atoms with Gasteiger partial charge in [-0.05, 0) is 18.6 Å². The van der Waals surface area contributed by atoms with Crippen LogP contribution in [0.4, 0.5) is 0 Å². The molecule has 6 nitrogen and oxygen atoms in total. The number of furan rings is 1. The third-order valence-electron chi connectivity index (χ3n) is 3.39. The van der Waals surface area contributed by atoms with E-state index in [4.69, 9.17) is 9.15 Å². The molecule has 0 spiro atoms. The van der Waals surface area contributed by atoms with Crippen LogP contribution >= 0.6 is 0 Å². The fourth-order valence-electron chi connectivity index (χ4n) is 2.31. The Labute approximate surface area is 118 Å². The molecule has 1 unspecified atom stereocenters. The number of hydrogen-bond donors (Lipinski definition) is 0. The van der Waals surface area contributed by atoms with Gasteiger partial charge in [-0.2, -0.15) is 0 Å². The molecule has 20 heavy (non-hydrogen) atoms. The average molecular weight is 301 g/mol. The number of ether oxygens (including phenoxy) is 1. The van der Waals surface area contributed by atoms with Gasteiger partial charge < -0.3 is 14.1 Å². The van der Waals surface area contributed by atoms with Gasteiger partial charge in [0.05, 0.1) is 36.8 Å². The van der Waals surface area contributed by atoms with E-state index in [1.165, 1.54) is 0 Å². The zero-order valence-electron chi connectivity index (χ0n) is 11.4. The first-order chi connectivity index (χ1) is 9.52. The molecule has 0 saturated carbocycles. The van der Waals surface area contributed by atoms with Crippen molar-refractivity contribution >= 4 is 15.7 Å². The fourth-order valence-corrected chi connectivity index (χ4v) is 4.04. The van der Waals surface area contributed by atoms with Crippen LogP contribution in [0, 0.1) is 5.92 Å². The van der Waals surface area contributed by atoms with E-state index >= 15 is 0 Å². The van der Waals surface area contributed by atoms with Crippen LogP contribution < -0.4 is 0 Å². The van der Waals surface area contributed by atoms with Crippen LogP contribution in [0.2, 0.25) is 0 Å². The maximum atomic E-state index is 12.4. The number of amides is 1. The third kappa shape index (κ3) is 3.83. The molecule has 1 amide bonds. The Balaban J connectivity index is 2.03. The molecular formula is C13H19NO5S. The van der Waals surface area contributed by atoms with Gasteiger partial charge in [0.25, 0.3) is 0 Å². The quantitative estimate of drug-likeness (QED) is 0.772. The van der Waals surface area contributed by atoms with Gasteiger partial charge in [-0.3, -0.25) is 4.79 Å². The van der Waals surface area contributed by atoms with Crippen molar-refractivity contribution in [3.8, 4) is 0 Å². The maximum Gasteiger partial charge on any atom is 0.227 e. The molecular weight excluding hydrogens is 282 g/mol. The summed E-state index contributed by atoms with van der Waals surface area (Å²) in [4.78, 5) is 14.0. The lowest BCUT2D eigenvalue weighted by Crippen LogP contribution is -2.38. The molecule has 2 heterocycles. The maximum absolute atomic E-state index is 12.4. The van der Waals surface area contributed by atoms with Crippen LogP contribution in [-0.2, 0) is 25.9 Å². The van der Waals surface area contributed by atoms with Crippen LogP contribution in [-0.4, -0.2) is 51.0 Å². The van der Waals surface area contributed by atoms with Crippen molar-refractivity contribution in [2.24, 2.45) is 5.92 Å². The lowest BCUT2D eigenvalue weighted by molar-refractivity contribution is -0.136. The lowest BCUT2D eigenvalue weighted by atomic mass is 10.1. The number of sulfone groups is 1. The molecule has 112 valence electrons. The number of hydrogen-bond acceptors (Lipinski definition) is 5. The summed E-state index contributed by atoms with van der Waals surface area (Å²) in [5, 5.41) is 0. The molecule has 7 heteroatoms. The molecule has 0 N–H and O–H groups in total. The molecule has 1 fully saturated rings. The minimum Gasteiger partial charge on any atom is -0.467 e. The Bertz CT molecular complexity index is 537. The molecule has 0 radical (unpaired) electrons. The Kier molecular flexibility index (Phi) is 4.82. The molecule has 1 aliphatic heterocycles. The van der Waals surface area contributed by atoms with Crippen molar-refractivity contribution in [3.05, 3.63) is 24.2 Å². The van der Waals surface area contributed by atoms with E-state index in [2.05, 4.69) is 0 Å². The van der Waals surface area contributed by atoms with Crippen molar-refractivity contribution in [1.82, 2.24) is 4.90 Å². The second kappa shape index (κ2) is 6.41. The molecule has 0 aromatic carbocycles. The van der Waals surface area contributed by atoms with Crippen molar-refractivity contribution in [2.45, 2.75) is 13.0 Å². The predicted molar refractivity (Wildman–Crippen MR) is 72.8 cm³/mol. The van der Waals surface area contributed by atoms with Crippen molar-refractivity contribution in [2.75, 3.05) is 31.8 Å². The summed E-state index contributed by atoms with van der Waals surface area (Å²) in [7, 11) is -1.49. The summed E-state index contributed by atoms with van der Waals surface area (Å²) in [5.74, 6) is 0.150. The van der Waals surface area contributed by atoms with Crippen molar-refractivity contribution in [1.29, 1.82) is 0 Å². The molecule has 1 atom stereocenters. The first-order valence-corrected chi connectivity index (χ1v) is 8.34. The normalized spacial score (nSPS) is 20.9. The van der Waals surface area contributed by atoms with Gasteiger partial charge in [-0.25, -0.2) is 8.42 Å². The number of nitrogens with zero attached hydrogens (tertiary/aromatic N) is 1. The summed E-state index contributed by atoms with van der Waals surface area (Å²) in [5.41, 5.74) is 0. The zero-order valence-corrected chi connectivity index (χ0v) is 12.3. The van der Waals surface area contributed by atoms with Gasteiger partial charge >= 0.3 is 0 Å². The second-order valence-electron chi connectivity index (χ2n) is 4.93. The summed E-state index contributed by atoms with van der Waals surface area (Å²) < 4.78 is 33.2. The summed E-state index contributed by atoms with van der Waals surface area (Å²) in [6.07, 6.45) is 1.96. The molecule has 0 aliphatic carbocycles. The smallest absolute Gasteiger partial charge is 0.227 e. The second-order valence-corrected chi connectivity index (χ2v) is 7.16. The highest BCUT2D eigenvalue weighted by molar-refractivity contribution is 7.91. The van der Waals surface area contributed by atoms with E-state index in [1.807, 2.05) is 0 Å². The van der Waals surface area contributed by atoms with E-state index in [0.29, 0.717) is 31.9 Å². The number of carbonyl (C=O) groups is 1. The molecule has 1 saturated heterocycles. The number of rotatable bonds is 6. The highest BCUT2D eigenvalue weighted by Gasteiger charge is 2.35. The summed E-state index contributed by atoms with van der Waals surface area (Å²) in [6, 6.07) is 3.55. The van der Waals surface area contributed by atoms with Crippen LogP contribution in [0.3, 0.4) is 0 Å². The number of carbonyl (C=O) groups excluding carboxylic acids is 1. The average Bonchev–Trinajstić information content (AvgIpc) is 3.03. The van der Waals surface area contributed by atoms with Crippen LogP contribution in [0.1, 0.15) is 12.2 Å². The van der Waals surface area contributed by atoms with Gasteiger partial charge in [-0.15, -0.1) is 0 Å². The molecule has 0 bridgehead atoms. The molecule has 1 aromatic heterocycles. The lowest BCUT2D eigenvalue weighted by Gasteiger charge is -2.24. The first-order valence-electron chi connectivity index (χ1n) is 6.52. The zero-order chi connectivity index (χ0) is 14.6. The van der Waals surface area contributed by atoms with E-state index in [0.717, 1.165) is 0 Å². The van der Waals surface area contributed by atoms with Crippen LogP contribution in [0.15, 0.2) is 22.8 Å². The Morgan fingerprint density at radius 2 is 2.35 bits per heavy atom. The van der Waals surface area contributed by atoms with E-state index in [9.17, 15) is 13.2 Å². The van der Waals surface area contributed by atoms with E-state index in [1.54, 1.807) is 30.4 Å². The van der Waals surface area contributed by atoms with E-state index in [-0.39, 0.29) is 17.4 Å². The highest BCUT2D eigenvalue weighted by Crippen LogP contribution is 2.21. The van der Waals surface area contributed by atoms with Gasteiger partial charge in [0, 0.05) is 13.7 Å². The van der Waals surface area contributed by atoms with Crippen molar-refractivity contribution in [3.63, 3.8) is 0 Å². The Hall–Kier alpha value is -1.34. The predicted octanol–water partition coefficient (Wildman–Crippen LogP) is 0.689. The van der Waals surface area contributed by atoms with E-state index < -0.39 is 15.8 Å². The first kappa shape index (κ1) is 15.1. The summed E-state index contributed by atoms with van der Waals surface area (Å²) in [6.45, 7) is 1.17. The third-order valence-corrected chi connectivity index (χ3v) is 5.15. The van der Waals surface area contributed by atoms with Crippen LogP contribution in [0.25, 0.3) is 0 Å². The summed E-state index contributed by atoms with van der Waals surface area (Å²) >= 11 is 0. The van der Waals surface area contributed by atoms with Gasteiger partial charge in [-0.1, -0.05) is 0 Å². The minimum atomic E-state index is -3.06. The van der Waals surface area contributed by atoms with Gasteiger partial charge in [0.2, 0.25) is 5.91 Å². The molecule has 1 aromatic rings. The monoisotopic (exact) mass is 301 g/mol. The van der Waals surface area contributed by atoms with Gasteiger partial charge in [0.1, 0.15) is 5.76 Å². The fraction of sp³-hybridized carbons (Fsp3) is 0.615. The highest BCUT2D eigenvalue weighted by atomic mass is 32.2. The standard InChI is InChI=1S/C13H19NO5S/c1-18-7-5-14(9-12-3-2-6-19-12)13(15)11-4-8-20(16,17)10-11/h2-3,6,11H,4-5,7-10H2,1H3. The molecule has 2 rings (SSSR count). The Morgan fingerprint density at radius 3 is 2.90 bits per heavy atom.